The average Bonchev–Trinajstić information content (AvgIpc) is 2.81. The highest BCUT2D eigenvalue weighted by molar-refractivity contribution is 7.21. The normalized spacial score (nSPS) is 11.1. The Labute approximate surface area is 113 Å². The largest absolute Gasteiger partial charge is 0.508 e. The quantitative estimate of drug-likeness (QED) is 0.754. The van der Waals surface area contributed by atoms with E-state index in [4.69, 9.17) is 5.73 Å². The summed E-state index contributed by atoms with van der Waals surface area (Å²) < 4.78 is 14.1. The van der Waals surface area contributed by atoms with Gasteiger partial charge in [0.05, 0.1) is 10.2 Å². The minimum atomic E-state index is -0.303. The van der Waals surface area contributed by atoms with Crippen LogP contribution in [-0.4, -0.2) is 10.1 Å². The Balaban J connectivity index is 2.18. The van der Waals surface area contributed by atoms with Crippen molar-refractivity contribution in [2.75, 3.05) is 0 Å². The van der Waals surface area contributed by atoms with Crippen molar-refractivity contribution in [1.29, 1.82) is 0 Å². The third-order valence-electron chi connectivity index (χ3n) is 2.89. The molecule has 0 spiro atoms. The molecule has 19 heavy (non-hydrogen) atoms. The second kappa shape index (κ2) is 4.60. The summed E-state index contributed by atoms with van der Waals surface area (Å²) in [6.45, 7) is 0.258. The monoisotopic (exact) mass is 274 g/mol. The Bertz CT molecular complexity index is 754. The number of benzene rings is 2. The summed E-state index contributed by atoms with van der Waals surface area (Å²) in [4.78, 5) is 4.49. The zero-order valence-electron chi connectivity index (χ0n) is 9.93. The second-order valence-corrected chi connectivity index (χ2v) is 5.21. The molecule has 0 aliphatic rings. The Morgan fingerprint density at radius 3 is 2.84 bits per heavy atom. The topological polar surface area (TPSA) is 59.1 Å². The van der Waals surface area contributed by atoms with Gasteiger partial charge in [0, 0.05) is 12.1 Å². The first-order valence-corrected chi connectivity index (χ1v) is 6.57. The summed E-state index contributed by atoms with van der Waals surface area (Å²) in [5.74, 6) is -0.0937. The van der Waals surface area contributed by atoms with Crippen molar-refractivity contribution in [3.63, 3.8) is 0 Å². The molecular weight excluding hydrogens is 263 g/mol. The van der Waals surface area contributed by atoms with Crippen LogP contribution in [0.25, 0.3) is 20.8 Å². The molecule has 0 atom stereocenters. The van der Waals surface area contributed by atoms with Gasteiger partial charge in [0.15, 0.2) is 0 Å². The minimum Gasteiger partial charge on any atom is -0.508 e. The number of hydrogen-bond acceptors (Lipinski definition) is 4. The molecule has 0 unspecified atom stereocenters. The van der Waals surface area contributed by atoms with Crippen LogP contribution in [-0.2, 0) is 6.54 Å². The number of rotatable bonds is 2. The van der Waals surface area contributed by atoms with Crippen molar-refractivity contribution in [3.05, 3.63) is 47.8 Å². The number of thiazole rings is 1. The highest BCUT2D eigenvalue weighted by Gasteiger charge is 2.11. The summed E-state index contributed by atoms with van der Waals surface area (Å²) in [6, 6.07) is 9.55. The molecule has 5 heteroatoms. The van der Waals surface area contributed by atoms with E-state index in [1.807, 2.05) is 0 Å². The standard InChI is InChI=1S/C14H11FN2OS/c15-9-1-3-11(8(5-9)7-16)14-17-12-4-2-10(18)6-13(12)19-14/h1-6,18H,7,16H2. The van der Waals surface area contributed by atoms with Crippen LogP contribution < -0.4 is 5.73 Å². The summed E-state index contributed by atoms with van der Waals surface area (Å²) in [7, 11) is 0. The maximum absolute atomic E-state index is 13.2. The number of phenols is 1. The first-order valence-electron chi connectivity index (χ1n) is 5.76. The lowest BCUT2D eigenvalue weighted by Crippen LogP contribution is -1.99. The lowest BCUT2D eigenvalue weighted by Gasteiger charge is -2.04. The maximum atomic E-state index is 13.2. The zero-order chi connectivity index (χ0) is 13.4. The van der Waals surface area contributed by atoms with Crippen LogP contribution in [0.5, 0.6) is 5.75 Å². The van der Waals surface area contributed by atoms with E-state index in [1.165, 1.54) is 23.5 Å². The van der Waals surface area contributed by atoms with Crippen LogP contribution in [0.2, 0.25) is 0 Å². The van der Waals surface area contributed by atoms with Crippen molar-refractivity contribution in [1.82, 2.24) is 4.98 Å². The predicted octanol–water partition coefficient (Wildman–Crippen LogP) is 3.27. The van der Waals surface area contributed by atoms with Crippen LogP contribution in [0.4, 0.5) is 4.39 Å². The van der Waals surface area contributed by atoms with Crippen molar-refractivity contribution < 1.29 is 9.50 Å². The first-order chi connectivity index (χ1) is 9.17. The molecule has 0 bridgehead atoms. The van der Waals surface area contributed by atoms with Crippen molar-refractivity contribution >= 4 is 21.6 Å². The predicted molar refractivity (Wildman–Crippen MR) is 74.6 cm³/mol. The third kappa shape index (κ3) is 2.18. The van der Waals surface area contributed by atoms with Crippen LogP contribution in [0.1, 0.15) is 5.56 Å². The van der Waals surface area contributed by atoms with E-state index >= 15 is 0 Å². The number of fused-ring (bicyclic) bond motifs is 1. The molecule has 0 saturated heterocycles. The molecule has 3 nitrogen and oxygen atoms in total. The van der Waals surface area contributed by atoms with E-state index in [-0.39, 0.29) is 18.1 Å². The summed E-state index contributed by atoms with van der Waals surface area (Å²) in [5.41, 5.74) is 8.02. The molecule has 0 fully saturated rings. The molecule has 0 aliphatic heterocycles. The van der Waals surface area contributed by atoms with Gasteiger partial charge in [0.25, 0.3) is 0 Å². The molecule has 1 aromatic heterocycles. The van der Waals surface area contributed by atoms with Crippen molar-refractivity contribution in [2.24, 2.45) is 5.73 Å². The van der Waals surface area contributed by atoms with E-state index < -0.39 is 0 Å². The first kappa shape index (κ1) is 12.1. The highest BCUT2D eigenvalue weighted by atomic mass is 32.1. The van der Waals surface area contributed by atoms with Gasteiger partial charge in [-0.25, -0.2) is 9.37 Å². The number of phenolic OH excluding ortho intramolecular Hbond substituents is 1. The smallest absolute Gasteiger partial charge is 0.124 e. The number of halogens is 1. The minimum absolute atomic E-state index is 0.209. The van der Waals surface area contributed by atoms with E-state index in [0.29, 0.717) is 0 Å². The van der Waals surface area contributed by atoms with E-state index in [0.717, 1.165) is 26.4 Å². The van der Waals surface area contributed by atoms with Gasteiger partial charge in [-0.1, -0.05) is 0 Å². The average molecular weight is 274 g/mol. The number of aromatic hydroxyl groups is 1. The molecule has 0 aliphatic carbocycles. The van der Waals surface area contributed by atoms with Crippen LogP contribution in [0.3, 0.4) is 0 Å². The van der Waals surface area contributed by atoms with Crippen LogP contribution in [0, 0.1) is 5.82 Å². The van der Waals surface area contributed by atoms with Crippen LogP contribution in [0.15, 0.2) is 36.4 Å². The summed E-state index contributed by atoms with van der Waals surface area (Å²) >= 11 is 1.45. The Hall–Kier alpha value is -1.98. The number of nitrogens with zero attached hydrogens (tertiary/aromatic N) is 1. The van der Waals surface area contributed by atoms with E-state index in [2.05, 4.69) is 4.98 Å². The van der Waals surface area contributed by atoms with Gasteiger partial charge in [0.1, 0.15) is 16.6 Å². The lowest BCUT2D eigenvalue weighted by molar-refractivity contribution is 0.476. The number of hydrogen-bond donors (Lipinski definition) is 2. The highest BCUT2D eigenvalue weighted by Crippen LogP contribution is 2.33. The molecule has 0 amide bonds. The van der Waals surface area contributed by atoms with Crippen molar-refractivity contribution in [2.45, 2.75) is 6.54 Å². The van der Waals surface area contributed by atoms with Gasteiger partial charge in [-0.15, -0.1) is 11.3 Å². The molecule has 0 radical (unpaired) electrons. The summed E-state index contributed by atoms with van der Waals surface area (Å²) in [6.07, 6.45) is 0. The van der Waals surface area contributed by atoms with E-state index in [1.54, 1.807) is 24.3 Å². The molecule has 0 saturated carbocycles. The molecule has 2 aromatic carbocycles. The number of aromatic nitrogens is 1. The van der Waals surface area contributed by atoms with Gasteiger partial charge in [-0.2, -0.15) is 0 Å². The molecule has 3 N–H and O–H groups in total. The Morgan fingerprint density at radius 1 is 1.21 bits per heavy atom. The van der Waals surface area contributed by atoms with Crippen molar-refractivity contribution in [3.8, 4) is 16.3 Å². The number of nitrogens with two attached hydrogens (primary N) is 1. The van der Waals surface area contributed by atoms with Gasteiger partial charge < -0.3 is 10.8 Å². The van der Waals surface area contributed by atoms with E-state index in [9.17, 15) is 9.50 Å². The summed E-state index contributed by atoms with van der Waals surface area (Å²) in [5, 5.41) is 10.2. The van der Waals surface area contributed by atoms with Crippen LogP contribution >= 0.6 is 11.3 Å². The Morgan fingerprint density at radius 2 is 2.05 bits per heavy atom. The van der Waals surface area contributed by atoms with Gasteiger partial charge in [-0.3, -0.25) is 0 Å². The Kier molecular flexibility index (Phi) is 2.93. The lowest BCUT2D eigenvalue weighted by atomic mass is 10.1. The fraction of sp³-hybridized carbons (Fsp3) is 0.0714. The fourth-order valence-electron chi connectivity index (χ4n) is 1.97. The maximum Gasteiger partial charge on any atom is 0.124 e. The molecule has 3 rings (SSSR count). The molecular formula is C14H11FN2OS. The second-order valence-electron chi connectivity index (χ2n) is 4.18. The molecule has 3 aromatic rings. The molecule has 96 valence electrons. The zero-order valence-corrected chi connectivity index (χ0v) is 10.7. The van der Waals surface area contributed by atoms with Gasteiger partial charge in [0.2, 0.25) is 0 Å². The molecule has 1 heterocycles. The fourth-order valence-corrected chi connectivity index (χ4v) is 3.03. The van der Waals surface area contributed by atoms with Gasteiger partial charge in [-0.05, 0) is 42.0 Å². The third-order valence-corrected chi connectivity index (χ3v) is 3.94. The van der Waals surface area contributed by atoms with Gasteiger partial charge >= 0.3 is 0 Å². The SMILES string of the molecule is NCc1cc(F)ccc1-c1nc2ccc(O)cc2s1.